The molecular weight excluding hydrogens is 260 g/mol. The van der Waals surface area contributed by atoms with Crippen molar-refractivity contribution in [1.29, 1.82) is 0 Å². The third-order valence-corrected chi connectivity index (χ3v) is 2.93. The molecular formula is C19H18O2. The number of aromatic hydroxyl groups is 1. The van der Waals surface area contributed by atoms with Crippen LogP contribution in [0.25, 0.3) is 11.1 Å². The van der Waals surface area contributed by atoms with Gasteiger partial charge in [0.05, 0.1) is 7.11 Å². The zero-order valence-corrected chi connectivity index (χ0v) is 11.9. The highest BCUT2D eigenvalue weighted by Gasteiger charge is 1.91. The molecule has 2 nitrogen and oxygen atoms in total. The van der Waals surface area contributed by atoms with E-state index in [1.54, 1.807) is 31.4 Å². The first-order chi connectivity index (χ1) is 10.3. The van der Waals surface area contributed by atoms with E-state index in [0.717, 1.165) is 0 Å². The number of hydrogen-bond donors (Lipinski definition) is 1. The van der Waals surface area contributed by atoms with Gasteiger partial charge in [0.25, 0.3) is 0 Å². The molecule has 0 amide bonds. The first-order valence-corrected chi connectivity index (χ1v) is 6.73. The quantitative estimate of drug-likeness (QED) is 0.732. The van der Waals surface area contributed by atoms with E-state index < -0.39 is 0 Å². The normalized spacial score (nSPS) is 9.38. The molecule has 3 aromatic carbocycles. The van der Waals surface area contributed by atoms with Crippen molar-refractivity contribution >= 4 is 0 Å². The van der Waals surface area contributed by atoms with Crippen molar-refractivity contribution in [3.8, 4) is 22.6 Å². The second-order valence-electron chi connectivity index (χ2n) is 4.43. The van der Waals surface area contributed by atoms with Gasteiger partial charge in [-0.25, -0.2) is 0 Å². The van der Waals surface area contributed by atoms with Gasteiger partial charge < -0.3 is 9.84 Å². The van der Waals surface area contributed by atoms with Crippen LogP contribution in [0.2, 0.25) is 0 Å². The van der Waals surface area contributed by atoms with Gasteiger partial charge in [-0.2, -0.15) is 0 Å². The minimum Gasteiger partial charge on any atom is -0.508 e. The van der Waals surface area contributed by atoms with Gasteiger partial charge in [0, 0.05) is 6.07 Å². The van der Waals surface area contributed by atoms with Crippen LogP contribution in [0.3, 0.4) is 0 Å². The summed E-state index contributed by atoms with van der Waals surface area (Å²) in [5.74, 6) is 0.907. The van der Waals surface area contributed by atoms with Crippen molar-refractivity contribution in [2.24, 2.45) is 0 Å². The van der Waals surface area contributed by atoms with Gasteiger partial charge in [-0.15, -0.1) is 0 Å². The summed E-state index contributed by atoms with van der Waals surface area (Å²) in [6, 6.07) is 27.4. The summed E-state index contributed by atoms with van der Waals surface area (Å²) in [5.41, 5.74) is 2.55. The van der Waals surface area contributed by atoms with Crippen molar-refractivity contribution < 1.29 is 9.84 Å². The van der Waals surface area contributed by atoms with E-state index in [4.69, 9.17) is 9.84 Å². The van der Waals surface area contributed by atoms with E-state index in [2.05, 4.69) is 48.5 Å². The fourth-order valence-corrected chi connectivity index (χ4v) is 1.87. The van der Waals surface area contributed by atoms with E-state index in [9.17, 15) is 0 Å². The molecule has 0 radical (unpaired) electrons. The summed E-state index contributed by atoms with van der Waals surface area (Å²) >= 11 is 0. The lowest BCUT2D eigenvalue weighted by Gasteiger charge is -1.98. The molecule has 0 aromatic heterocycles. The summed E-state index contributed by atoms with van der Waals surface area (Å²) in [5, 5.41) is 8.86. The fraction of sp³-hybridized carbons (Fsp3) is 0.0526. The molecule has 3 rings (SSSR count). The van der Waals surface area contributed by atoms with Crippen LogP contribution in [0.5, 0.6) is 11.5 Å². The maximum absolute atomic E-state index is 8.86. The molecule has 0 unspecified atom stereocenters. The zero-order valence-electron chi connectivity index (χ0n) is 11.9. The molecule has 0 saturated heterocycles. The Bertz CT molecular complexity index is 611. The highest BCUT2D eigenvalue weighted by Crippen LogP contribution is 2.17. The Morgan fingerprint density at radius 3 is 1.57 bits per heavy atom. The highest BCUT2D eigenvalue weighted by molar-refractivity contribution is 5.62. The number of phenols is 1. The van der Waals surface area contributed by atoms with Crippen molar-refractivity contribution in [1.82, 2.24) is 0 Å². The van der Waals surface area contributed by atoms with Gasteiger partial charge >= 0.3 is 0 Å². The maximum atomic E-state index is 8.86. The van der Waals surface area contributed by atoms with Crippen molar-refractivity contribution in [3.05, 3.63) is 84.9 Å². The van der Waals surface area contributed by atoms with Gasteiger partial charge in [0.1, 0.15) is 11.5 Å². The topological polar surface area (TPSA) is 29.5 Å². The molecule has 0 bridgehead atoms. The van der Waals surface area contributed by atoms with Crippen molar-refractivity contribution in [2.45, 2.75) is 0 Å². The summed E-state index contributed by atoms with van der Waals surface area (Å²) in [4.78, 5) is 0. The number of phenolic OH excluding ortho intramolecular Hbond substituents is 1. The van der Waals surface area contributed by atoms with Gasteiger partial charge in [0.2, 0.25) is 0 Å². The number of rotatable bonds is 2. The first kappa shape index (κ1) is 14.7. The lowest BCUT2D eigenvalue weighted by atomic mass is 10.1. The Morgan fingerprint density at radius 2 is 1.19 bits per heavy atom. The average Bonchev–Trinajstić information content (AvgIpc) is 2.57. The Labute approximate surface area is 125 Å². The van der Waals surface area contributed by atoms with Crippen molar-refractivity contribution in [2.75, 3.05) is 7.11 Å². The van der Waals surface area contributed by atoms with Crippen molar-refractivity contribution in [3.63, 3.8) is 0 Å². The average molecular weight is 278 g/mol. The van der Waals surface area contributed by atoms with Gasteiger partial charge in [-0.1, -0.05) is 66.7 Å². The summed E-state index contributed by atoms with van der Waals surface area (Å²) < 4.78 is 4.84. The van der Waals surface area contributed by atoms with E-state index in [1.807, 2.05) is 12.1 Å². The van der Waals surface area contributed by atoms with Crippen LogP contribution in [-0.2, 0) is 0 Å². The van der Waals surface area contributed by atoms with E-state index >= 15 is 0 Å². The lowest BCUT2D eigenvalue weighted by Crippen LogP contribution is -1.79. The predicted molar refractivity (Wildman–Crippen MR) is 86.5 cm³/mol. The van der Waals surface area contributed by atoms with Crippen LogP contribution in [0, 0.1) is 0 Å². The molecule has 1 N–H and O–H groups in total. The first-order valence-electron chi connectivity index (χ1n) is 6.73. The predicted octanol–water partition coefficient (Wildman–Crippen LogP) is 4.75. The molecule has 0 fully saturated rings. The molecule has 0 spiro atoms. The molecule has 0 atom stereocenters. The number of ether oxygens (including phenoxy) is 1. The monoisotopic (exact) mass is 278 g/mol. The Balaban J connectivity index is 0.000000161. The van der Waals surface area contributed by atoms with Crippen LogP contribution in [0.15, 0.2) is 84.9 Å². The molecule has 0 aliphatic rings. The van der Waals surface area contributed by atoms with Crippen LogP contribution < -0.4 is 4.74 Å². The minimum absolute atomic E-state index is 0.231. The van der Waals surface area contributed by atoms with Crippen LogP contribution in [-0.4, -0.2) is 12.2 Å². The van der Waals surface area contributed by atoms with E-state index in [-0.39, 0.29) is 5.75 Å². The van der Waals surface area contributed by atoms with Crippen LogP contribution in [0.4, 0.5) is 0 Å². The Kier molecular flexibility index (Phi) is 5.41. The van der Waals surface area contributed by atoms with Crippen LogP contribution >= 0.6 is 0 Å². The largest absolute Gasteiger partial charge is 0.508 e. The lowest BCUT2D eigenvalue weighted by molar-refractivity contribution is 0.407. The minimum atomic E-state index is 0.231. The van der Waals surface area contributed by atoms with E-state index in [0.29, 0.717) is 5.75 Å². The van der Waals surface area contributed by atoms with Gasteiger partial charge in [-0.05, 0) is 23.3 Å². The fourth-order valence-electron chi connectivity index (χ4n) is 1.87. The smallest absolute Gasteiger partial charge is 0.122 e. The Morgan fingerprint density at radius 1 is 0.667 bits per heavy atom. The standard InChI is InChI=1S/C12H10.C7H8O2/c1-3-7-11(8-4-1)12-9-5-2-6-10-12;1-9-7-4-2-3-6(8)5-7/h1-10H;2-5,8H,1H3. The molecule has 21 heavy (non-hydrogen) atoms. The molecule has 106 valence electrons. The van der Waals surface area contributed by atoms with Crippen LogP contribution in [0.1, 0.15) is 0 Å². The SMILES string of the molecule is COc1cccc(O)c1.c1ccc(-c2ccccc2)cc1. The maximum Gasteiger partial charge on any atom is 0.122 e. The summed E-state index contributed by atoms with van der Waals surface area (Å²) in [6.45, 7) is 0. The zero-order chi connectivity index (χ0) is 14.9. The summed E-state index contributed by atoms with van der Waals surface area (Å²) in [7, 11) is 1.56. The third kappa shape index (κ3) is 4.69. The molecule has 0 saturated carbocycles. The Hall–Kier alpha value is -2.74. The second kappa shape index (κ2) is 7.75. The molecule has 0 heterocycles. The number of hydrogen-bond acceptors (Lipinski definition) is 2. The highest BCUT2D eigenvalue weighted by atomic mass is 16.5. The van der Waals surface area contributed by atoms with Gasteiger partial charge in [-0.3, -0.25) is 0 Å². The molecule has 2 heteroatoms. The molecule has 3 aromatic rings. The molecule has 0 aliphatic heterocycles. The number of methoxy groups -OCH3 is 1. The third-order valence-electron chi connectivity index (χ3n) is 2.93. The summed E-state index contributed by atoms with van der Waals surface area (Å²) in [6.07, 6.45) is 0. The second-order valence-corrected chi connectivity index (χ2v) is 4.43. The number of benzene rings is 3. The molecule has 0 aliphatic carbocycles. The van der Waals surface area contributed by atoms with E-state index in [1.165, 1.54) is 11.1 Å². The van der Waals surface area contributed by atoms with Gasteiger partial charge in [0.15, 0.2) is 0 Å².